The summed E-state index contributed by atoms with van der Waals surface area (Å²) in [6.45, 7) is 0.275. The molecule has 4 heteroatoms. The van der Waals surface area contributed by atoms with Crippen LogP contribution in [0.5, 0.6) is 0 Å². The van der Waals surface area contributed by atoms with Gasteiger partial charge < -0.3 is 10.6 Å². The van der Waals surface area contributed by atoms with Crippen LogP contribution < -0.4 is 10.6 Å². The van der Waals surface area contributed by atoms with Crippen molar-refractivity contribution in [3.05, 3.63) is 78.1 Å². The Labute approximate surface area is 127 Å². The summed E-state index contributed by atoms with van der Waals surface area (Å²) in [6, 6.07) is 19.5. The van der Waals surface area contributed by atoms with Crippen molar-refractivity contribution < 1.29 is 9.18 Å². The van der Waals surface area contributed by atoms with Crippen LogP contribution in [-0.4, -0.2) is 6.03 Å². The number of carbonyl (C=O) groups is 1. The maximum absolute atomic E-state index is 13.1. The number of nitrogens with one attached hydrogen (secondary N) is 2. The van der Waals surface area contributed by atoms with Crippen LogP contribution in [0.1, 0.15) is 5.56 Å². The standard InChI is InChI=1S/C18H15FN2O/c19-16-7-3-4-13(10-16)12-20-18(22)21-17-9-8-14-5-1-2-6-15(14)11-17/h1-11H,12H2,(H2,20,21,22). The predicted molar refractivity (Wildman–Crippen MR) is 86.2 cm³/mol. The first-order valence-electron chi connectivity index (χ1n) is 6.99. The van der Waals surface area contributed by atoms with Crippen molar-refractivity contribution in [2.75, 3.05) is 5.32 Å². The van der Waals surface area contributed by atoms with Crippen molar-refractivity contribution in [2.24, 2.45) is 0 Å². The molecule has 3 aromatic carbocycles. The van der Waals surface area contributed by atoms with Crippen molar-refractivity contribution in [3.63, 3.8) is 0 Å². The van der Waals surface area contributed by atoms with Crippen LogP contribution in [0.25, 0.3) is 10.8 Å². The van der Waals surface area contributed by atoms with E-state index in [1.807, 2.05) is 42.5 Å². The minimum absolute atomic E-state index is 0.275. The number of amides is 2. The zero-order chi connectivity index (χ0) is 15.4. The van der Waals surface area contributed by atoms with Crippen LogP contribution >= 0.6 is 0 Å². The lowest BCUT2D eigenvalue weighted by molar-refractivity contribution is 0.251. The van der Waals surface area contributed by atoms with Gasteiger partial charge in [-0.25, -0.2) is 9.18 Å². The summed E-state index contributed by atoms with van der Waals surface area (Å²) in [5.41, 5.74) is 1.43. The largest absolute Gasteiger partial charge is 0.334 e. The number of hydrogen-bond acceptors (Lipinski definition) is 1. The molecule has 3 rings (SSSR count). The minimum atomic E-state index is -0.320. The summed E-state index contributed by atoms with van der Waals surface area (Å²) in [5.74, 6) is -0.311. The maximum atomic E-state index is 13.1. The highest BCUT2D eigenvalue weighted by molar-refractivity contribution is 5.93. The fourth-order valence-corrected chi connectivity index (χ4v) is 2.27. The second-order valence-corrected chi connectivity index (χ2v) is 5.00. The first kappa shape index (κ1) is 14.1. The molecule has 0 radical (unpaired) electrons. The van der Waals surface area contributed by atoms with Gasteiger partial charge in [-0.2, -0.15) is 0 Å². The fraction of sp³-hybridized carbons (Fsp3) is 0.0556. The number of urea groups is 1. The zero-order valence-electron chi connectivity index (χ0n) is 11.8. The van der Waals surface area contributed by atoms with Gasteiger partial charge in [-0.3, -0.25) is 0 Å². The van der Waals surface area contributed by atoms with E-state index in [-0.39, 0.29) is 18.4 Å². The number of anilines is 1. The van der Waals surface area contributed by atoms with Crippen molar-refractivity contribution in [1.29, 1.82) is 0 Å². The Hall–Kier alpha value is -2.88. The number of benzene rings is 3. The van der Waals surface area contributed by atoms with E-state index in [1.54, 1.807) is 12.1 Å². The van der Waals surface area contributed by atoms with Gasteiger partial charge in [0.2, 0.25) is 0 Å². The van der Waals surface area contributed by atoms with E-state index in [0.717, 1.165) is 16.5 Å². The van der Waals surface area contributed by atoms with Crippen LogP contribution in [0.3, 0.4) is 0 Å². The van der Waals surface area contributed by atoms with Crippen molar-refractivity contribution in [1.82, 2.24) is 5.32 Å². The van der Waals surface area contributed by atoms with Gasteiger partial charge >= 0.3 is 6.03 Å². The van der Waals surface area contributed by atoms with Crippen molar-refractivity contribution in [3.8, 4) is 0 Å². The second-order valence-electron chi connectivity index (χ2n) is 5.00. The minimum Gasteiger partial charge on any atom is -0.334 e. The molecule has 3 nitrogen and oxygen atoms in total. The highest BCUT2D eigenvalue weighted by Gasteiger charge is 2.03. The molecule has 0 unspecified atom stereocenters. The average Bonchev–Trinajstić information content (AvgIpc) is 2.53. The molecule has 0 spiro atoms. The molecule has 110 valence electrons. The number of halogens is 1. The quantitative estimate of drug-likeness (QED) is 0.743. The Bertz CT molecular complexity index is 817. The number of hydrogen-bond donors (Lipinski definition) is 2. The molecular formula is C18H15FN2O. The van der Waals surface area contributed by atoms with E-state index in [9.17, 15) is 9.18 Å². The van der Waals surface area contributed by atoms with Gasteiger partial charge in [0.15, 0.2) is 0 Å². The molecule has 0 aliphatic rings. The summed E-state index contributed by atoms with van der Waals surface area (Å²) in [6.07, 6.45) is 0. The lowest BCUT2D eigenvalue weighted by Crippen LogP contribution is -2.28. The smallest absolute Gasteiger partial charge is 0.319 e. The van der Waals surface area contributed by atoms with Crippen molar-refractivity contribution >= 4 is 22.5 Å². The van der Waals surface area contributed by atoms with E-state index in [4.69, 9.17) is 0 Å². The molecule has 0 fully saturated rings. The monoisotopic (exact) mass is 294 g/mol. The summed E-state index contributed by atoms with van der Waals surface area (Å²) in [7, 11) is 0. The SMILES string of the molecule is O=C(NCc1cccc(F)c1)Nc1ccc2ccccc2c1. The first-order valence-corrected chi connectivity index (χ1v) is 6.99. The summed E-state index contributed by atoms with van der Waals surface area (Å²) < 4.78 is 13.1. The molecule has 22 heavy (non-hydrogen) atoms. The average molecular weight is 294 g/mol. The Balaban J connectivity index is 1.63. The highest BCUT2D eigenvalue weighted by Crippen LogP contribution is 2.18. The van der Waals surface area contributed by atoms with Gasteiger partial charge in [0.25, 0.3) is 0 Å². The third-order valence-corrected chi connectivity index (χ3v) is 3.35. The summed E-state index contributed by atoms with van der Waals surface area (Å²) in [4.78, 5) is 11.9. The summed E-state index contributed by atoms with van der Waals surface area (Å²) >= 11 is 0. The molecule has 0 aliphatic carbocycles. The molecule has 2 amide bonds. The Kier molecular flexibility index (Phi) is 4.01. The highest BCUT2D eigenvalue weighted by atomic mass is 19.1. The third-order valence-electron chi connectivity index (χ3n) is 3.35. The first-order chi connectivity index (χ1) is 10.7. The van der Waals surface area contributed by atoms with Crippen LogP contribution in [-0.2, 0) is 6.54 Å². The number of fused-ring (bicyclic) bond motifs is 1. The molecule has 0 aliphatic heterocycles. The van der Waals surface area contributed by atoms with Crippen LogP contribution in [0, 0.1) is 5.82 Å². The maximum Gasteiger partial charge on any atom is 0.319 e. The molecule has 2 N–H and O–H groups in total. The van der Waals surface area contributed by atoms with Gasteiger partial charge in [0, 0.05) is 12.2 Å². The molecule has 0 heterocycles. The van der Waals surface area contributed by atoms with Gasteiger partial charge in [-0.15, -0.1) is 0 Å². The van der Waals surface area contributed by atoms with E-state index in [2.05, 4.69) is 10.6 Å². The Morgan fingerprint density at radius 1 is 0.909 bits per heavy atom. The third kappa shape index (κ3) is 3.41. The normalized spacial score (nSPS) is 10.4. The number of rotatable bonds is 3. The van der Waals surface area contributed by atoms with Gasteiger partial charge in [0.1, 0.15) is 5.82 Å². The molecule has 3 aromatic rings. The van der Waals surface area contributed by atoms with Crippen LogP contribution in [0.4, 0.5) is 14.9 Å². The lowest BCUT2D eigenvalue weighted by atomic mass is 10.1. The molecule has 0 aromatic heterocycles. The molecular weight excluding hydrogens is 279 g/mol. The molecule has 0 saturated carbocycles. The van der Waals surface area contributed by atoms with Gasteiger partial charge in [0.05, 0.1) is 0 Å². The summed E-state index contributed by atoms with van der Waals surface area (Å²) in [5, 5.41) is 7.66. The van der Waals surface area contributed by atoms with Crippen molar-refractivity contribution in [2.45, 2.75) is 6.54 Å². The molecule has 0 atom stereocenters. The van der Waals surface area contributed by atoms with E-state index in [0.29, 0.717) is 5.56 Å². The van der Waals surface area contributed by atoms with Gasteiger partial charge in [-0.1, -0.05) is 42.5 Å². The molecule has 0 bridgehead atoms. The predicted octanol–water partition coefficient (Wildman–Crippen LogP) is 4.30. The second kappa shape index (κ2) is 6.26. The number of carbonyl (C=O) groups excluding carboxylic acids is 1. The fourth-order valence-electron chi connectivity index (χ4n) is 2.27. The van der Waals surface area contributed by atoms with E-state index < -0.39 is 0 Å². The van der Waals surface area contributed by atoms with E-state index >= 15 is 0 Å². The Morgan fingerprint density at radius 3 is 2.55 bits per heavy atom. The molecule has 0 saturated heterocycles. The van der Waals surface area contributed by atoms with E-state index in [1.165, 1.54) is 12.1 Å². The topological polar surface area (TPSA) is 41.1 Å². The lowest BCUT2D eigenvalue weighted by Gasteiger charge is -2.08. The van der Waals surface area contributed by atoms with Gasteiger partial charge in [-0.05, 0) is 40.6 Å². The van der Waals surface area contributed by atoms with Crippen LogP contribution in [0.2, 0.25) is 0 Å². The zero-order valence-corrected chi connectivity index (χ0v) is 11.8. The Morgan fingerprint density at radius 2 is 1.73 bits per heavy atom. The van der Waals surface area contributed by atoms with Crippen LogP contribution in [0.15, 0.2) is 66.7 Å².